The number of H-pyrrole nitrogens is 1. The number of aromatic nitrogens is 1. The maximum atomic E-state index is 12.9. The van der Waals surface area contributed by atoms with Crippen molar-refractivity contribution in [2.24, 2.45) is 11.7 Å². The topological polar surface area (TPSA) is 158 Å². The summed E-state index contributed by atoms with van der Waals surface area (Å²) in [5.41, 5.74) is 8.04. The minimum absolute atomic E-state index is 0.259. The Morgan fingerprint density at radius 2 is 1.82 bits per heavy atom. The minimum Gasteiger partial charge on any atom is -0.480 e. The normalized spacial score (nSPS) is 18.3. The third-order valence-corrected chi connectivity index (χ3v) is 6.42. The SMILES string of the molecule is C[C@@H](O)[C@H](NC(=O)[C@H](CC1CCCCC1)NC(=O)[C@@H](N)Cc1c[nH]c2ccccc12)C(=O)O. The first-order valence-corrected chi connectivity index (χ1v) is 11.6. The van der Waals surface area contributed by atoms with E-state index in [4.69, 9.17) is 5.73 Å². The number of carbonyl (C=O) groups excluding carboxylic acids is 2. The van der Waals surface area contributed by atoms with Crippen molar-refractivity contribution in [3.05, 3.63) is 36.0 Å². The van der Waals surface area contributed by atoms with Crippen LogP contribution < -0.4 is 16.4 Å². The standard InChI is InChI=1S/C24H34N4O5/c1-14(29)21(24(32)33)28-23(31)20(11-15-7-3-2-4-8-15)27-22(30)18(25)12-16-13-26-19-10-6-5-9-17(16)19/h5-6,9-10,13-15,18,20-21,26,29H,2-4,7-8,11-12,25H2,1H3,(H,27,30)(H,28,31)(H,32,33)/t14-,18+,20+,21+/m1/s1. The van der Waals surface area contributed by atoms with Crippen LogP contribution in [0.5, 0.6) is 0 Å². The van der Waals surface area contributed by atoms with Gasteiger partial charge < -0.3 is 31.6 Å². The first kappa shape index (κ1) is 24.7. The predicted octanol–water partition coefficient (Wildman–Crippen LogP) is 1.44. The van der Waals surface area contributed by atoms with Gasteiger partial charge in [-0.05, 0) is 37.3 Å². The number of nitrogens with one attached hydrogen (secondary N) is 3. The number of hydrogen-bond acceptors (Lipinski definition) is 5. The van der Waals surface area contributed by atoms with E-state index in [-0.39, 0.29) is 5.92 Å². The van der Waals surface area contributed by atoms with Crippen molar-refractivity contribution in [3.63, 3.8) is 0 Å². The number of benzene rings is 1. The lowest BCUT2D eigenvalue weighted by molar-refractivity contribution is -0.145. The lowest BCUT2D eigenvalue weighted by Gasteiger charge is -2.28. The van der Waals surface area contributed by atoms with Crippen molar-refractivity contribution in [2.75, 3.05) is 0 Å². The average Bonchev–Trinajstić information content (AvgIpc) is 3.19. The molecule has 1 saturated carbocycles. The fourth-order valence-electron chi connectivity index (χ4n) is 4.54. The highest BCUT2D eigenvalue weighted by Crippen LogP contribution is 2.27. The largest absolute Gasteiger partial charge is 0.480 e. The molecule has 0 spiro atoms. The molecule has 2 aromatic rings. The second-order valence-electron chi connectivity index (χ2n) is 9.04. The van der Waals surface area contributed by atoms with Gasteiger partial charge in [-0.25, -0.2) is 4.79 Å². The Bertz CT molecular complexity index is 967. The zero-order valence-electron chi connectivity index (χ0n) is 18.9. The van der Waals surface area contributed by atoms with Crippen LogP contribution in [0.15, 0.2) is 30.5 Å². The van der Waals surface area contributed by atoms with Crippen molar-refractivity contribution in [3.8, 4) is 0 Å². The fraction of sp³-hybridized carbons (Fsp3) is 0.542. The van der Waals surface area contributed by atoms with Crippen LogP contribution >= 0.6 is 0 Å². The molecular formula is C24H34N4O5. The van der Waals surface area contributed by atoms with Gasteiger partial charge in [0.2, 0.25) is 11.8 Å². The number of aliphatic hydroxyl groups is 1. The number of aliphatic carboxylic acids is 1. The number of carboxylic acid groups (broad SMARTS) is 1. The fourth-order valence-corrected chi connectivity index (χ4v) is 4.54. The third kappa shape index (κ3) is 6.55. The molecular weight excluding hydrogens is 424 g/mol. The number of fused-ring (bicyclic) bond motifs is 1. The van der Waals surface area contributed by atoms with Gasteiger partial charge in [-0.3, -0.25) is 9.59 Å². The lowest BCUT2D eigenvalue weighted by atomic mass is 9.84. The van der Waals surface area contributed by atoms with Crippen molar-refractivity contribution in [1.29, 1.82) is 0 Å². The lowest BCUT2D eigenvalue weighted by Crippen LogP contribution is -2.57. The number of carboxylic acids is 1. The van der Waals surface area contributed by atoms with E-state index < -0.39 is 42.0 Å². The Balaban J connectivity index is 1.69. The number of para-hydroxylation sites is 1. The number of nitrogens with two attached hydrogens (primary N) is 1. The summed E-state index contributed by atoms with van der Waals surface area (Å²) in [6, 6.07) is 4.47. The number of hydrogen-bond donors (Lipinski definition) is 6. The van der Waals surface area contributed by atoms with Crippen LogP contribution in [0.25, 0.3) is 10.9 Å². The van der Waals surface area contributed by atoms with E-state index in [1.165, 1.54) is 6.92 Å². The Labute approximate surface area is 193 Å². The van der Waals surface area contributed by atoms with E-state index in [0.29, 0.717) is 12.8 Å². The molecule has 0 unspecified atom stereocenters. The van der Waals surface area contributed by atoms with Crippen LogP contribution in [0.3, 0.4) is 0 Å². The minimum atomic E-state index is -1.46. The first-order valence-electron chi connectivity index (χ1n) is 11.6. The van der Waals surface area contributed by atoms with E-state index in [1.807, 2.05) is 30.5 Å². The van der Waals surface area contributed by atoms with Crippen LogP contribution in [0, 0.1) is 5.92 Å². The van der Waals surface area contributed by atoms with Crippen molar-refractivity contribution in [2.45, 2.75) is 76.1 Å². The molecule has 3 rings (SSSR count). The quantitative estimate of drug-likeness (QED) is 0.316. The van der Waals surface area contributed by atoms with E-state index in [1.54, 1.807) is 0 Å². The molecule has 1 aliphatic carbocycles. The number of amides is 2. The molecule has 33 heavy (non-hydrogen) atoms. The summed E-state index contributed by atoms with van der Waals surface area (Å²) in [5, 5.41) is 25.1. The molecule has 1 heterocycles. The average molecular weight is 459 g/mol. The van der Waals surface area contributed by atoms with Gasteiger partial charge in [0.1, 0.15) is 6.04 Å². The zero-order valence-corrected chi connectivity index (χ0v) is 18.9. The second kappa shape index (κ2) is 11.3. The van der Waals surface area contributed by atoms with Gasteiger partial charge in [-0.1, -0.05) is 50.3 Å². The number of rotatable bonds is 10. The smallest absolute Gasteiger partial charge is 0.328 e. The molecule has 2 amide bonds. The van der Waals surface area contributed by atoms with Crippen LogP contribution in [-0.2, 0) is 20.8 Å². The van der Waals surface area contributed by atoms with E-state index >= 15 is 0 Å². The van der Waals surface area contributed by atoms with E-state index in [9.17, 15) is 24.6 Å². The van der Waals surface area contributed by atoms with Gasteiger partial charge >= 0.3 is 5.97 Å². The monoisotopic (exact) mass is 458 g/mol. The van der Waals surface area contributed by atoms with Gasteiger partial charge in [-0.2, -0.15) is 0 Å². The summed E-state index contributed by atoms with van der Waals surface area (Å²) < 4.78 is 0. The molecule has 0 aliphatic heterocycles. The summed E-state index contributed by atoms with van der Waals surface area (Å²) in [6.45, 7) is 1.30. The molecule has 9 heteroatoms. The molecule has 0 saturated heterocycles. The Morgan fingerprint density at radius 3 is 2.48 bits per heavy atom. The molecule has 7 N–H and O–H groups in total. The molecule has 9 nitrogen and oxygen atoms in total. The first-order chi connectivity index (χ1) is 15.8. The molecule has 180 valence electrons. The Morgan fingerprint density at radius 1 is 1.12 bits per heavy atom. The van der Waals surface area contributed by atoms with Gasteiger partial charge in [0.25, 0.3) is 0 Å². The summed E-state index contributed by atoms with van der Waals surface area (Å²) >= 11 is 0. The maximum Gasteiger partial charge on any atom is 0.328 e. The predicted molar refractivity (Wildman–Crippen MR) is 124 cm³/mol. The summed E-state index contributed by atoms with van der Waals surface area (Å²) in [6.07, 6.45) is 6.45. The number of aromatic amines is 1. The molecule has 1 aliphatic rings. The highest BCUT2D eigenvalue weighted by atomic mass is 16.4. The molecule has 1 aromatic heterocycles. The summed E-state index contributed by atoms with van der Waals surface area (Å²) in [5.74, 6) is -2.17. The van der Waals surface area contributed by atoms with Crippen LogP contribution in [0.4, 0.5) is 0 Å². The van der Waals surface area contributed by atoms with Crippen LogP contribution in [0.1, 0.15) is 51.0 Å². The number of aliphatic hydroxyl groups excluding tert-OH is 1. The molecule has 0 bridgehead atoms. The summed E-state index contributed by atoms with van der Waals surface area (Å²) in [4.78, 5) is 40.4. The van der Waals surface area contributed by atoms with Gasteiger partial charge in [0.05, 0.1) is 12.1 Å². The van der Waals surface area contributed by atoms with Crippen molar-refractivity contribution in [1.82, 2.24) is 15.6 Å². The Kier molecular flexibility index (Phi) is 8.46. The van der Waals surface area contributed by atoms with Crippen LogP contribution in [0.2, 0.25) is 0 Å². The summed E-state index contributed by atoms with van der Waals surface area (Å²) in [7, 11) is 0. The second-order valence-corrected chi connectivity index (χ2v) is 9.04. The van der Waals surface area contributed by atoms with Gasteiger partial charge in [-0.15, -0.1) is 0 Å². The van der Waals surface area contributed by atoms with Crippen molar-refractivity contribution < 1.29 is 24.6 Å². The highest BCUT2D eigenvalue weighted by molar-refractivity contribution is 5.92. The third-order valence-electron chi connectivity index (χ3n) is 6.42. The molecule has 1 fully saturated rings. The van der Waals surface area contributed by atoms with Gasteiger partial charge in [0, 0.05) is 17.1 Å². The van der Waals surface area contributed by atoms with E-state index in [2.05, 4.69) is 15.6 Å². The van der Waals surface area contributed by atoms with Gasteiger partial charge in [0.15, 0.2) is 6.04 Å². The maximum absolute atomic E-state index is 12.9. The molecule has 1 aromatic carbocycles. The van der Waals surface area contributed by atoms with Crippen LogP contribution in [-0.4, -0.2) is 57.2 Å². The van der Waals surface area contributed by atoms with E-state index in [0.717, 1.165) is 48.6 Å². The molecule has 4 atom stereocenters. The zero-order chi connectivity index (χ0) is 24.0. The number of carbonyl (C=O) groups is 3. The highest BCUT2D eigenvalue weighted by Gasteiger charge is 2.32. The molecule has 0 radical (unpaired) electrons. The Hall–Kier alpha value is -2.91. The van der Waals surface area contributed by atoms with Crippen molar-refractivity contribution >= 4 is 28.7 Å².